The maximum atomic E-state index is 11.9. The molecule has 0 saturated carbocycles. The number of thiophene rings is 1. The van der Waals surface area contributed by atoms with E-state index in [0.717, 1.165) is 21.2 Å². The Balaban J connectivity index is 2.19. The predicted molar refractivity (Wildman–Crippen MR) is 88.9 cm³/mol. The smallest absolute Gasteiger partial charge is 0.340 e. The first-order chi connectivity index (χ1) is 10.7. The first kappa shape index (κ1) is 14.8. The van der Waals surface area contributed by atoms with Gasteiger partial charge in [0.25, 0.3) is 0 Å². The van der Waals surface area contributed by atoms with Crippen molar-refractivity contribution in [2.24, 2.45) is 0 Å². The molecule has 1 atom stereocenters. The number of hydrogen-bond acceptors (Lipinski definition) is 4. The second-order valence-corrected chi connectivity index (χ2v) is 5.94. The first-order valence-electron chi connectivity index (χ1n) is 7.14. The first-order valence-corrected chi connectivity index (χ1v) is 7.95. The van der Waals surface area contributed by atoms with Gasteiger partial charge in [0.05, 0.1) is 11.5 Å². The number of rotatable bonds is 4. The van der Waals surface area contributed by atoms with Crippen molar-refractivity contribution in [2.45, 2.75) is 13.0 Å². The summed E-state index contributed by atoms with van der Waals surface area (Å²) in [6, 6.07) is 17.7. The summed E-state index contributed by atoms with van der Waals surface area (Å²) in [4.78, 5) is 12.6. The van der Waals surface area contributed by atoms with Crippen LogP contribution in [0.4, 0.5) is 0 Å². The Morgan fingerprint density at radius 1 is 1.14 bits per heavy atom. The zero-order chi connectivity index (χ0) is 15.5. The fourth-order valence-corrected chi connectivity index (χ4v) is 3.69. The lowest BCUT2D eigenvalue weighted by Crippen LogP contribution is -2.14. The minimum atomic E-state index is -1.26. The second-order valence-electron chi connectivity index (χ2n) is 4.86. The highest BCUT2D eigenvalue weighted by Gasteiger charge is 2.26. The van der Waals surface area contributed by atoms with Gasteiger partial charge in [-0.1, -0.05) is 48.5 Å². The number of esters is 1. The molecule has 0 aliphatic heterocycles. The van der Waals surface area contributed by atoms with E-state index in [9.17, 15) is 9.90 Å². The zero-order valence-electron chi connectivity index (χ0n) is 12.2. The van der Waals surface area contributed by atoms with Crippen LogP contribution >= 0.6 is 11.3 Å². The van der Waals surface area contributed by atoms with Gasteiger partial charge in [-0.2, -0.15) is 0 Å². The van der Waals surface area contributed by atoms with Gasteiger partial charge in [-0.25, -0.2) is 4.79 Å². The van der Waals surface area contributed by atoms with Crippen molar-refractivity contribution in [1.29, 1.82) is 0 Å². The van der Waals surface area contributed by atoms with E-state index in [1.807, 2.05) is 54.6 Å². The maximum absolute atomic E-state index is 11.9. The Hall–Kier alpha value is -2.17. The van der Waals surface area contributed by atoms with Crippen LogP contribution in [-0.2, 0) is 9.53 Å². The van der Waals surface area contributed by atoms with Gasteiger partial charge in [-0.05, 0) is 18.6 Å². The van der Waals surface area contributed by atoms with E-state index in [1.54, 1.807) is 6.92 Å². The molecule has 0 radical (unpaired) electrons. The number of hydrogen-bond donors (Lipinski definition) is 1. The molecule has 112 valence electrons. The molecule has 1 aromatic heterocycles. The summed E-state index contributed by atoms with van der Waals surface area (Å²) in [7, 11) is 0. The fraction of sp³-hybridized carbons (Fsp3) is 0.167. The Labute approximate surface area is 132 Å². The van der Waals surface area contributed by atoms with Gasteiger partial charge in [0.2, 0.25) is 0 Å². The molecule has 3 nitrogen and oxygen atoms in total. The standard InChI is InChI=1S/C18H16O3S/c1-2-21-18(20)16(19)17-15(12-8-4-3-5-9-12)13-10-6-7-11-14(13)22-17/h3-11,16,19H,2H2,1H3. The topological polar surface area (TPSA) is 46.5 Å². The molecule has 3 rings (SSSR count). The number of benzene rings is 2. The third kappa shape index (κ3) is 2.63. The molecule has 0 aliphatic rings. The molecule has 0 fully saturated rings. The molecule has 1 heterocycles. The average molecular weight is 312 g/mol. The SMILES string of the molecule is CCOC(=O)C(O)c1sc2ccccc2c1-c1ccccc1. The minimum Gasteiger partial charge on any atom is -0.464 e. The maximum Gasteiger partial charge on any atom is 0.340 e. The molecule has 2 aromatic carbocycles. The van der Waals surface area contributed by atoms with Crippen LogP contribution in [0.1, 0.15) is 17.9 Å². The number of fused-ring (bicyclic) bond motifs is 1. The summed E-state index contributed by atoms with van der Waals surface area (Å²) in [6.45, 7) is 1.98. The largest absolute Gasteiger partial charge is 0.464 e. The van der Waals surface area contributed by atoms with E-state index in [0.29, 0.717) is 4.88 Å². The van der Waals surface area contributed by atoms with Gasteiger partial charge in [0.15, 0.2) is 6.10 Å². The fourth-order valence-electron chi connectivity index (χ4n) is 2.49. The zero-order valence-corrected chi connectivity index (χ0v) is 13.0. The Bertz CT molecular complexity index is 792. The molecule has 1 N–H and O–H groups in total. The Kier molecular flexibility index (Phi) is 4.22. The molecule has 3 aromatic rings. The van der Waals surface area contributed by atoms with E-state index < -0.39 is 12.1 Å². The lowest BCUT2D eigenvalue weighted by molar-refractivity contribution is -0.153. The van der Waals surface area contributed by atoms with Crippen LogP contribution in [0.25, 0.3) is 21.2 Å². The number of aliphatic hydroxyl groups is 1. The lowest BCUT2D eigenvalue weighted by Gasteiger charge is -2.11. The van der Waals surface area contributed by atoms with E-state index in [2.05, 4.69) is 0 Å². The van der Waals surface area contributed by atoms with Crippen molar-refractivity contribution in [1.82, 2.24) is 0 Å². The van der Waals surface area contributed by atoms with Gasteiger partial charge in [-0.3, -0.25) is 0 Å². The molecular weight excluding hydrogens is 296 g/mol. The highest BCUT2D eigenvalue weighted by Crippen LogP contribution is 2.42. The number of carbonyl (C=O) groups is 1. The van der Waals surface area contributed by atoms with Gasteiger partial charge in [-0.15, -0.1) is 11.3 Å². The summed E-state index contributed by atoms with van der Waals surface area (Å²) < 4.78 is 6.00. The highest BCUT2D eigenvalue weighted by molar-refractivity contribution is 7.19. The summed E-state index contributed by atoms with van der Waals surface area (Å²) in [5.74, 6) is -0.605. The van der Waals surface area contributed by atoms with E-state index >= 15 is 0 Å². The Morgan fingerprint density at radius 2 is 1.82 bits per heavy atom. The second kappa shape index (κ2) is 6.30. The van der Waals surface area contributed by atoms with Crippen LogP contribution in [0.15, 0.2) is 54.6 Å². The molecule has 0 spiro atoms. The molecule has 0 bridgehead atoms. The van der Waals surface area contributed by atoms with Crippen LogP contribution in [-0.4, -0.2) is 17.7 Å². The van der Waals surface area contributed by atoms with E-state index in [4.69, 9.17) is 4.74 Å². The van der Waals surface area contributed by atoms with Crippen LogP contribution in [0.2, 0.25) is 0 Å². The summed E-state index contributed by atoms with van der Waals surface area (Å²) in [5.41, 5.74) is 1.89. The Morgan fingerprint density at radius 3 is 2.55 bits per heavy atom. The highest BCUT2D eigenvalue weighted by atomic mass is 32.1. The number of aliphatic hydroxyl groups excluding tert-OH is 1. The van der Waals surface area contributed by atoms with Crippen molar-refractivity contribution in [3.8, 4) is 11.1 Å². The predicted octanol–water partition coefficient (Wildman–Crippen LogP) is 4.16. The van der Waals surface area contributed by atoms with Crippen LogP contribution < -0.4 is 0 Å². The third-order valence-corrected chi connectivity index (χ3v) is 4.67. The molecule has 4 heteroatoms. The van der Waals surface area contributed by atoms with Crippen LogP contribution in [0, 0.1) is 0 Å². The van der Waals surface area contributed by atoms with Crippen molar-refractivity contribution in [2.75, 3.05) is 6.61 Å². The van der Waals surface area contributed by atoms with Gasteiger partial charge >= 0.3 is 5.97 Å². The minimum absolute atomic E-state index is 0.251. The lowest BCUT2D eigenvalue weighted by atomic mass is 10.00. The molecule has 22 heavy (non-hydrogen) atoms. The molecule has 1 unspecified atom stereocenters. The van der Waals surface area contributed by atoms with E-state index in [1.165, 1.54) is 11.3 Å². The molecule has 0 saturated heterocycles. The van der Waals surface area contributed by atoms with Gasteiger partial charge in [0.1, 0.15) is 0 Å². The molecule has 0 aliphatic carbocycles. The number of carbonyl (C=O) groups excluding carboxylic acids is 1. The normalized spacial score (nSPS) is 12.3. The summed E-state index contributed by atoms with van der Waals surface area (Å²) in [6.07, 6.45) is -1.26. The van der Waals surface area contributed by atoms with Crippen LogP contribution in [0.3, 0.4) is 0 Å². The average Bonchev–Trinajstić information content (AvgIpc) is 2.94. The monoisotopic (exact) mass is 312 g/mol. The van der Waals surface area contributed by atoms with Crippen molar-refractivity contribution in [3.05, 3.63) is 59.5 Å². The van der Waals surface area contributed by atoms with Crippen molar-refractivity contribution in [3.63, 3.8) is 0 Å². The van der Waals surface area contributed by atoms with Gasteiger partial charge in [0, 0.05) is 15.6 Å². The summed E-state index contributed by atoms with van der Waals surface area (Å²) >= 11 is 1.43. The van der Waals surface area contributed by atoms with E-state index in [-0.39, 0.29) is 6.61 Å². The summed E-state index contributed by atoms with van der Waals surface area (Å²) in [5, 5.41) is 11.4. The molecule has 0 amide bonds. The van der Waals surface area contributed by atoms with Crippen molar-refractivity contribution >= 4 is 27.4 Å². The van der Waals surface area contributed by atoms with Crippen molar-refractivity contribution < 1.29 is 14.6 Å². The quantitative estimate of drug-likeness (QED) is 0.736. The number of ether oxygens (including phenoxy) is 1. The third-order valence-electron chi connectivity index (χ3n) is 3.44. The molecular formula is C18H16O3S. The van der Waals surface area contributed by atoms with Crippen LogP contribution in [0.5, 0.6) is 0 Å². The van der Waals surface area contributed by atoms with Gasteiger partial charge < -0.3 is 9.84 Å².